The van der Waals surface area contributed by atoms with Crippen LogP contribution in [0.2, 0.25) is 0 Å². The van der Waals surface area contributed by atoms with Crippen LogP contribution in [0.15, 0.2) is 146 Å². The first-order chi connectivity index (χ1) is 31.8. The summed E-state index contributed by atoms with van der Waals surface area (Å²) in [6.45, 7) is 12.5. The van der Waals surface area contributed by atoms with E-state index in [9.17, 15) is 13.2 Å². The fourth-order valence-corrected chi connectivity index (χ4v) is 11.1. The van der Waals surface area contributed by atoms with E-state index in [4.69, 9.17) is 0 Å². The van der Waals surface area contributed by atoms with Crippen molar-refractivity contribution in [3.63, 3.8) is 0 Å². The molecule has 1 N–H and O–H groups in total. The van der Waals surface area contributed by atoms with E-state index in [1.165, 1.54) is 12.5 Å². The first kappa shape index (κ1) is 50.7. The standard InChI is InChI=1S/C60H69F6N2/c1-42-13-15-44(16-14-42)45-17-19-47(20-18-45)50-27-33-53(34-28-50)58(60(64,65)66,37-11-10-12-38-68(7,8)9)54-35-29-51(30-36-54)48-23-21-46(22-24-48)49-25-31-52(32-26-49)57(6,59(61,62)63)41-43-39-55(2,3)67-56(4,5)40-43/h13-36,43,67H,10-12,37-41H2,1-9H3/q+1. The van der Waals surface area contributed by atoms with Crippen molar-refractivity contribution in [3.05, 3.63) is 168 Å². The summed E-state index contributed by atoms with van der Waals surface area (Å²) < 4.78 is 93.6. The molecule has 0 spiro atoms. The van der Waals surface area contributed by atoms with E-state index in [-0.39, 0.29) is 46.5 Å². The monoisotopic (exact) mass is 932 g/mol. The Bertz CT molecular complexity index is 2570. The summed E-state index contributed by atoms with van der Waals surface area (Å²) in [7, 11) is 6.29. The Hall–Kier alpha value is -5.18. The van der Waals surface area contributed by atoms with Gasteiger partial charge in [-0.05, 0) is 147 Å². The Morgan fingerprint density at radius 3 is 1.12 bits per heavy atom. The smallest absolute Gasteiger partial charge is 0.331 e. The van der Waals surface area contributed by atoms with E-state index in [0.717, 1.165) is 62.0 Å². The third-order valence-electron chi connectivity index (χ3n) is 14.4. The molecule has 8 heteroatoms. The number of hydrogen-bond acceptors (Lipinski definition) is 1. The van der Waals surface area contributed by atoms with Crippen molar-refractivity contribution in [3.8, 4) is 44.5 Å². The second-order valence-corrected chi connectivity index (χ2v) is 22.2. The predicted molar refractivity (Wildman–Crippen MR) is 270 cm³/mol. The minimum absolute atomic E-state index is 0.00967. The van der Waals surface area contributed by atoms with Crippen molar-refractivity contribution >= 4 is 0 Å². The minimum atomic E-state index is -4.58. The molecule has 1 heterocycles. The van der Waals surface area contributed by atoms with Gasteiger partial charge in [-0.3, -0.25) is 0 Å². The number of nitrogens with zero attached hydrogens (tertiary/aromatic N) is 1. The topological polar surface area (TPSA) is 12.0 Å². The van der Waals surface area contributed by atoms with Crippen LogP contribution in [0.5, 0.6) is 0 Å². The number of hydrogen-bond donors (Lipinski definition) is 1. The highest BCUT2D eigenvalue weighted by atomic mass is 19.4. The molecule has 0 amide bonds. The first-order valence-corrected chi connectivity index (χ1v) is 24.1. The van der Waals surface area contributed by atoms with Crippen molar-refractivity contribution in [1.29, 1.82) is 0 Å². The Balaban J connectivity index is 1.13. The molecule has 1 aliphatic rings. The summed E-state index contributed by atoms with van der Waals surface area (Å²) in [5.74, 6) is -0.104. The van der Waals surface area contributed by atoms with E-state index >= 15 is 13.2 Å². The van der Waals surface area contributed by atoms with Crippen molar-refractivity contribution in [1.82, 2.24) is 5.32 Å². The van der Waals surface area contributed by atoms with Gasteiger partial charge in [0.25, 0.3) is 0 Å². The summed E-state index contributed by atoms with van der Waals surface area (Å²) >= 11 is 0. The van der Waals surface area contributed by atoms with Crippen LogP contribution in [0.1, 0.15) is 102 Å². The number of quaternary nitrogens is 1. The second kappa shape index (κ2) is 19.3. The van der Waals surface area contributed by atoms with Gasteiger partial charge in [-0.2, -0.15) is 26.3 Å². The lowest BCUT2D eigenvalue weighted by atomic mass is 9.67. The normalized spacial score (nSPS) is 17.3. The molecule has 1 aliphatic heterocycles. The largest absolute Gasteiger partial charge is 0.402 e. The lowest BCUT2D eigenvalue weighted by Gasteiger charge is -2.48. The molecule has 2 unspecified atom stereocenters. The Morgan fingerprint density at radius 1 is 0.471 bits per heavy atom. The summed E-state index contributed by atoms with van der Waals surface area (Å²) in [6, 6.07) is 44.5. The molecule has 0 saturated carbocycles. The maximum atomic E-state index is 16.0. The van der Waals surface area contributed by atoms with Crippen LogP contribution in [0.4, 0.5) is 26.3 Å². The van der Waals surface area contributed by atoms with Crippen molar-refractivity contribution in [2.75, 3.05) is 27.7 Å². The van der Waals surface area contributed by atoms with Crippen molar-refractivity contribution in [2.24, 2.45) is 5.92 Å². The van der Waals surface area contributed by atoms with Crippen LogP contribution in [-0.2, 0) is 10.8 Å². The highest BCUT2D eigenvalue weighted by Gasteiger charge is 2.57. The Labute approximate surface area is 401 Å². The molecule has 0 radical (unpaired) electrons. The summed E-state index contributed by atoms with van der Waals surface area (Å²) in [5, 5.41) is 3.59. The van der Waals surface area contributed by atoms with Crippen LogP contribution in [0.25, 0.3) is 44.5 Å². The van der Waals surface area contributed by atoms with E-state index in [1.807, 2.05) is 60.7 Å². The van der Waals surface area contributed by atoms with Gasteiger partial charge >= 0.3 is 12.4 Å². The van der Waals surface area contributed by atoms with Gasteiger partial charge in [-0.25, -0.2) is 0 Å². The molecule has 7 rings (SSSR count). The zero-order chi connectivity index (χ0) is 49.3. The lowest BCUT2D eigenvalue weighted by molar-refractivity contribution is -0.870. The second-order valence-electron chi connectivity index (χ2n) is 22.2. The molecule has 360 valence electrons. The minimum Gasteiger partial charge on any atom is -0.331 e. The van der Waals surface area contributed by atoms with Gasteiger partial charge in [0.15, 0.2) is 0 Å². The van der Waals surface area contributed by atoms with Gasteiger partial charge in [-0.1, -0.05) is 158 Å². The van der Waals surface area contributed by atoms with E-state index in [2.05, 4.69) is 85.3 Å². The molecule has 0 bridgehead atoms. The Morgan fingerprint density at radius 2 is 0.794 bits per heavy atom. The summed E-state index contributed by atoms with van der Waals surface area (Å²) in [5.41, 5.74) is 4.25. The van der Waals surface area contributed by atoms with Gasteiger partial charge in [0, 0.05) is 11.1 Å². The fraction of sp³-hybridized carbons (Fsp3) is 0.400. The molecular formula is C60H69F6N2+. The molecule has 6 aromatic carbocycles. The molecule has 2 nitrogen and oxygen atoms in total. The van der Waals surface area contributed by atoms with Crippen molar-refractivity contribution < 1.29 is 30.8 Å². The van der Waals surface area contributed by atoms with Crippen LogP contribution >= 0.6 is 0 Å². The third-order valence-corrected chi connectivity index (χ3v) is 14.4. The predicted octanol–water partition coefficient (Wildman–Crippen LogP) is 16.5. The third kappa shape index (κ3) is 11.5. The summed E-state index contributed by atoms with van der Waals surface area (Å²) in [4.78, 5) is 0. The van der Waals surface area contributed by atoms with Crippen LogP contribution in [-0.4, -0.2) is 55.6 Å². The Kier molecular flexibility index (Phi) is 14.4. The SMILES string of the molecule is Cc1ccc(-c2ccc(-c3ccc(C(CCCCC[N+](C)(C)C)(c4ccc(-c5ccc(-c6ccc(C(C)(CC7CC(C)(C)NC(C)(C)C7)C(F)(F)F)cc6)cc5)cc4)C(F)(F)F)cc3)cc2)cc1. The summed E-state index contributed by atoms with van der Waals surface area (Å²) in [6.07, 6.45) is -5.84. The van der Waals surface area contributed by atoms with Crippen LogP contribution in [0.3, 0.4) is 0 Å². The average Bonchev–Trinajstić information content (AvgIpc) is 3.26. The van der Waals surface area contributed by atoms with Gasteiger partial charge in [-0.15, -0.1) is 0 Å². The molecule has 1 fully saturated rings. The molecule has 68 heavy (non-hydrogen) atoms. The fourth-order valence-electron chi connectivity index (χ4n) is 11.1. The van der Waals surface area contributed by atoms with Gasteiger partial charge in [0.05, 0.1) is 33.1 Å². The number of aryl methyl sites for hydroxylation is 1. The molecular weight excluding hydrogens is 863 g/mol. The number of halogens is 6. The number of benzene rings is 6. The first-order valence-electron chi connectivity index (χ1n) is 24.1. The number of nitrogens with one attached hydrogen (secondary N) is 1. The van der Waals surface area contributed by atoms with Gasteiger partial charge in [0.1, 0.15) is 5.41 Å². The highest BCUT2D eigenvalue weighted by molar-refractivity contribution is 5.72. The maximum Gasteiger partial charge on any atom is 0.402 e. The number of alkyl halides is 6. The number of rotatable bonds is 15. The van der Waals surface area contributed by atoms with E-state index < -0.39 is 23.2 Å². The zero-order valence-electron chi connectivity index (χ0n) is 41.3. The zero-order valence-corrected chi connectivity index (χ0v) is 41.3. The average molecular weight is 932 g/mol. The number of piperidine rings is 1. The molecule has 2 atom stereocenters. The maximum absolute atomic E-state index is 16.0. The highest BCUT2D eigenvalue weighted by Crippen LogP contribution is 2.52. The van der Waals surface area contributed by atoms with Gasteiger partial charge < -0.3 is 9.80 Å². The van der Waals surface area contributed by atoms with Crippen molar-refractivity contribution in [2.45, 2.75) is 121 Å². The lowest BCUT2D eigenvalue weighted by Crippen LogP contribution is -2.58. The van der Waals surface area contributed by atoms with E-state index in [0.29, 0.717) is 25.7 Å². The molecule has 6 aromatic rings. The molecule has 0 aromatic heterocycles. The number of unbranched alkanes of at least 4 members (excludes halogenated alkanes) is 2. The molecule has 1 saturated heterocycles. The van der Waals surface area contributed by atoms with E-state index in [1.54, 1.807) is 60.7 Å². The molecule has 0 aliphatic carbocycles. The van der Waals surface area contributed by atoms with Gasteiger partial charge in [0.2, 0.25) is 0 Å². The van der Waals surface area contributed by atoms with Crippen LogP contribution in [0, 0.1) is 12.8 Å². The quantitative estimate of drug-likeness (QED) is 0.0615. The van der Waals surface area contributed by atoms with Crippen LogP contribution < -0.4 is 5.32 Å².